The van der Waals surface area contributed by atoms with Gasteiger partial charge < -0.3 is 14.7 Å². The number of fused-ring (bicyclic) bond motifs is 1. The van der Waals surface area contributed by atoms with E-state index < -0.39 is 6.10 Å². The molecule has 29 heavy (non-hydrogen) atoms. The molecule has 6 nitrogen and oxygen atoms in total. The van der Waals surface area contributed by atoms with Crippen LogP contribution in [0.2, 0.25) is 0 Å². The molecule has 1 fully saturated rings. The molecule has 2 aromatic heterocycles. The zero-order chi connectivity index (χ0) is 20.4. The summed E-state index contributed by atoms with van der Waals surface area (Å²) in [4.78, 5) is 24.8. The number of benzene rings is 1. The van der Waals surface area contributed by atoms with Gasteiger partial charge in [-0.25, -0.2) is 14.8 Å². The Kier molecular flexibility index (Phi) is 5.78. The Hall–Kier alpha value is -2.51. The topological polar surface area (TPSA) is 75.5 Å². The van der Waals surface area contributed by atoms with E-state index in [4.69, 9.17) is 4.74 Å². The van der Waals surface area contributed by atoms with Crippen molar-refractivity contribution in [2.45, 2.75) is 32.8 Å². The van der Waals surface area contributed by atoms with E-state index in [9.17, 15) is 9.90 Å². The first-order valence-electron chi connectivity index (χ1n) is 9.99. The van der Waals surface area contributed by atoms with Gasteiger partial charge in [0.2, 0.25) is 0 Å². The van der Waals surface area contributed by atoms with Crippen molar-refractivity contribution >= 4 is 33.3 Å². The molecule has 152 valence electrons. The minimum Gasteiger partial charge on any atom is -0.462 e. The number of rotatable bonds is 5. The van der Waals surface area contributed by atoms with Crippen LogP contribution in [0.3, 0.4) is 0 Å². The molecular weight excluding hydrogens is 386 g/mol. The molecule has 1 unspecified atom stereocenters. The van der Waals surface area contributed by atoms with Crippen LogP contribution in [-0.4, -0.2) is 40.7 Å². The number of esters is 1. The van der Waals surface area contributed by atoms with Gasteiger partial charge in [0, 0.05) is 13.1 Å². The molecule has 4 rings (SSSR count). The highest BCUT2D eigenvalue weighted by molar-refractivity contribution is 7.20. The smallest absolute Gasteiger partial charge is 0.348 e. The Balaban J connectivity index is 1.55. The van der Waals surface area contributed by atoms with Gasteiger partial charge >= 0.3 is 5.97 Å². The summed E-state index contributed by atoms with van der Waals surface area (Å²) in [6.07, 6.45) is 2.89. The normalized spacial score (nSPS) is 16.2. The predicted octanol–water partition coefficient (Wildman–Crippen LogP) is 4.13. The van der Waals surface area contributed by atoms with Crippen LogP contribution in [0.25, 0.3) is 10.2 Å². The lowest BCUT2D eigenvalue weighted by molar-refractivity contribution is 0.0531. The molecule has 1 N–H and O–H groups in total. The number of aryl methyl sites for hydroxylation is 1. The minimum atomic E-state index is -0.443. The fraction of sp³-hybridized carbons (Fsp3) is 0.409. The lowest BCUT2D eigenvalue weighted by Crippen LogP contribution is -2.36. The highest BCUT2D eigenvalue weighted by Gasteiger charge is 2.29. The molecule has 0 aliphatic carbocycles. The standard InChI is InChI=1S/C22H25N3O3S/c1-3-28-22(27)19-14(2)17-20(23-13-24-21(17)29-19)25-11-9-16(10-12-25)18(26)15-7-5-4-6-8-15/h4-8,13,16,18,26H,3,9-12H2,1-2H3. The molecule has 0 radical (unpaired) electrons. The van der Waals surface area contributed by atoms with E-state index in [1.54, 1.807) is 13.3 Å². The summed E-state index contributed by atoms with van der Waals surface area (Å²) in [7, 11) is 0. The zero-order valence-corrected chi connectivity index (χ0v) is 17.5. The summed E-state index contributed by atoms with van der Waals surface area (Å²) in [5.74, 6) is 0.792. The van der Waals surface area contributed by atoms with Gasteiger partial charge in [-0.2, -0.15) is 0 Å². The number of ether oxygens (including phenoxy) is 1. The monoisotopic (exact) mass is 411 g/mol. The SMILES string of the molecule is CCOC(=O)c1sc2ncnc(N3CCC(C(O)c4ccccc4)CC3)c2c1C. The van der Waals surface area contributed by atoms with E-state index in [2.05, 4.69) is 14.9 Å². The zero-order valence-electron chi connectivity index (χ0n) is 16.7. The average molecular weight is 412 g/mol. The Morgan fingerprint density at radius 2 is 2.00 bits per heavy atom. The highest BCUT2D eigenvalue weighted by Crippen LogP contribution is 2.38. The molecule has 0 amide bonds. The number of hydrogen-bond acceptors (Lipinski definition) is 7. The van der Waals surface area contributed by atoms with Crippen LogP contribution < -0.4 is 4.90 Å². The number of nitrogens with zero attached hydrogens (tertiary/aromatic N) is 3. The van der Waals surface area contributed by atoms with Crippen molar-refractivity contribution in [1.29, 1.82) is 0 Å². The van der Waals surface area contributed by atoms with Gasteiger partial charge in [0.1, 0.15) is 21.9 Å². The Bertz CT molecular complexity index is 997. The van der Waals surface area contributed by atoms with E-state index >= 15 is 0 Å². The highest BCUT2D eigenvalue weighted by atomic mass is 32.1. The molecule has 3 heterocycles. The summed E-state index contributed by atoms with van der Waals surface area (Å²) in [6, 6.07) is 9.86. The summed E-state index contributed by atoms with van der Waals surface area (Å²) < 4.78 is 5.19. The Morgan fingerprint density at radius 3 is 2.69 bits per heavy atom. The number of aromatic nitrogens is 2. The number of aliphatic hydroxyl groups excluding tert-OH is 1. The summed E-state index contributed by atoms with van der Waals surface area (Å²) in [6.45, 7) is 5.71. The Morgan fingerprint density at radius 1 is 1.28 bits per heavy atom. The van der Waals surface area contributed by atoms with Crippen molar-refractivity contribution < 1.29 is 14.6 Å². The summed E-state index contributed by atoms with van der Waals surface area (Å²) in [5, 5.41) is 11.7. The number of anilines is 1. The maximum atomic E-state index is 12.3. The number of aliphatic hydroxyl groups is 1. The first-order chi connectivity index (χ1) is 14.1. The van der Waals surface area contributed by atoms with Gasteiger partial charge in [0.05, 0.1) is 18.1 Å². The number of thiophene rings is 1. The van der Waals surface area contributed by atoms with Gasteiger partial charge in [-0.1, -0.05) is 30.3 Å². The number of carbonyl (C=O) groups excluding carboxylic acids is 1. The van der Waals surface area contributed by atoms with Crippen LogP contribution >= 0.6 is 11.3 Å². The van der Waals surface area contributed by atoms with E-state index in [0.29, 0.717) is 11.5 Å². The minimum absolute atomic E-state index is 0.227. The number of hydrogen-bond donors (Lipinski definition) is 1. The lowest BCUT2D eigenvalue weighted by Gasteiger charge is -2.35. The predicted molar refractivity (Wildman–Crippen MR) is 114 cm³/mol. The van der Waals surface area contributed by atoms with E-state index in [1.807, 2.05) is 37.3 Å². The van der Waals surface area contributed by atoms with Crippen LogP contribution in [0, 0.1) is 12.8 Å². The van der Waals surface area contributed by atoms with Crippen LogP contribution in [0.4, 0.5) is 5.82 Å². The molecule has 0 bridgehead atoms. The lowest BCUT2D eigenvalue weighted by atomic mass is 9.87. The first kappa shape index (κ1) is 19.8. The number of piperidine rings is 1. The van der Waals surface area contributed by atoms with Crippen molar-refractivity contribution in [1.82, 2.24) is 9.97 Å². The maximum Gasteiger partial charge on any atom is 0.348 e. The van der Waals surface area contributed by atoms with Gasteiger partial charge in [-0.15, -0.1) is 11.3 Å². The molecule has 3 aromatic rings. The molecule has 1 aliphatic heterocycles. The van der Waals surface area contributed by atoms with Crippen molar-refractivity contribution in [3.8, 4) is 0 Å². The third-order valence-corrected chi connectivity index (χ3v) is 6.77. The van der Waals surface area contributed by atoms with Crippen molar-refractivity contribution in [3.05, 3.63) is 52.7 Å². The van der Waals surface area contributed by atoms with Crippen LogP contribution in [0.5, 0.6) is 0 Å². The Labute approximate surface area is 174 Å². The largest absolute Gasteiger partial charge is 0.462 e. The molecular formula is C22H25N3O3S. The molecule has 7 heteroatoms. The van der Waals surface area contributed by atoms with E-state index in [-0.39, 0.29) is 11.9 Å². The fourth-order valence-electron chi connectivity index (χ4n) is 4.03. The third-order valence-electron chi connectivity index (χ3n) is 5.59. The fourth-order valence-corrected chi connectivity index (χ4v) is 5.07. The molecule has 0 spiro atoms. The van der Waals surface area contributed by atoms with E-state index in [0.717, 1.165) is 53.1 Å². The maximum absolute atomic E-state index is 12.3. The van der Waals surface area contributed by atoms with Crippen molar-refractivity contribution in [3.63, 3.8) is 0 Å². The second kappa shape index (κ2) is 8.47. The molecule has 1 saturated heterocycles. The summed E-state index contributed by atoms with van der Waals surface area (Å²) in [5.41, 5.74) is 1.86. The van der Waals surface area contributed by atoms with Crippen LogP contribution in [0.15, 0.2) is 36.7 Å². The van der Waals surface area contributed by atoms with Crippen molar-refractivity contribution in [2.75, 3.05) is 24.6 Å². The van der Waals surface area contributed by atoms with Gasteiger partial charge in [-0.3, -0.25) is 0 Å². The van der Waals surface area contributed by atoms with Gasteiger partial charge in [0.25, 0.3) is 0 Å². The number of carbonyl (C=O) groups is 1. The van der Waals surface area contributed by atoms with Gasteiger partial charge in [-0.05, 0) is 43.7 Å². The molecule has 1 aliphatic rings. The first-order valence-corrected chi connectivity index (χ1v) is 10.8. The average Bonchev–Trinajstić information content (AvgIpc) is 3.11. The van der Waals surface area contributed by atoms with Gasteiger partial charge in [0.15, 0.2) is 0 Å². The summed E-state index contributed by atoms with van der Waals surface area (Å²) >= 11 is 1.36. The third kappa shape index (κ3) is 3.84. The second-order valence-electron chi connectivity index (χ2n) is 7.33. The molecule has 1 aromatic carbocycles. The van der Waals surface area contributed by atoms with Crippen molar-refractivity contribution in [2.24, 2.45) is 5.92 Å². The quantitative estimate of drug-likeness (QED) is 0.637. The second-order valence-corrected chi connectivity index (χ2v) is 8.33. The molecule has 0 saturated carbocycles. The van der Waals surface area contributed by atoms with Crippen LogP contribution in [0.1, 0.15) is 46.7 Å². The van der Waals surface area contributed by atoms with Crippen LogP contribution in [-0.2, 0) is 4.74 Å². The molecule has 1 atom stereocenters. The van der Waals surface area contributed by atoms with E-state index in [1.165, 1.54) is 11.3 Å².